The Morgan fingerprint density at radius 2 is 1.97 bits per heavy atom. The molecule has 3 aromatic rings. The number of nitrogens with one attached hydrogen (secondary N) is 1. The molecule has 0 radical (unpaired) electrons. The summed E-state index contributed by atoms with van der Waals surface area (Å²) in [5.41, 5.74) is 11.1. The van der Waals surface area contributed by atoms with Crippen LogP contribution in [0.5, 0.6) is 0 Å². The number of benzene rings is 2. The van der Waals surface area contributed by atoms with E-state index in [4.69, 9.17) is 11.6 Å². The van der Waals surface area contributed by atoms with Crippen LogP contribution in [0.25, 0.3) is 27.7 Å². The molecule has 0 saturated heterocycles. The highest BCUT2D eigenvalue weighted by Crippen LogP contribution is 2.30. The number of hydrazine groups is 1. The van der Waals surface area contributed by atoms with Crippen molar-refractivity contribution < 1.29 is 4.79 Å². The van der Waals surface area contributed by atoms with Crippen molar-refractivity contribution in [3.63, 3.8) is 0 Å². The van der Waals surface area contributed by atoms with Gasteiger partial charge in [0, 0.05) is 42.7 Å². The second-order valence-corrected chi connectivity index (χ2v) is 8.16. The SMILES string of the molecule is CCC(=O)N[C@H]1CC[C@@H](N(N)/C(=C\N)c2ccc(-c3ccc4cnn(C)c4c3)cc2)C1. The number of nitrogens with two attached hydrogens (primary N) is 2. The summed E-state index contributed by atoms with van der Waals surface area (Å²) in [5, 5.41) is 10.3. The minimum absolute atomic E-state index is 0.0868. The summed E-state index contributed by atoms with van der Waals surface area (Å²) in [6, 6.07) is 14.9. The lowest BCUT2D eigenvalue weighted by Crippen LogP contribution is -2.40. The average Bonchev–Trinajstić information content (AvgIpc) is 3.41. The smallest absolute Gasteiger partial charge is 0.219 e. The monoisotopic (exact) mass is 418 g/mol. The normalized spacial score (nSPS) is 19.0. The molecule has 1 saturated carbocycles. The molecule has 7 nitrogen and oxygen atoms in total. The van der Waals surface area contributed by atoms with Crippen LogP contribution < -0.4 is 16.9 Å². The minimum atomic E-state index is 0.0868. The van der Waals surface area contributed by atoms with Gasteiger partial charge in [-0.25, -0.2) is 5.84 Å². The molecule has 4 rings (SSSR count). The molecule has 2 atom stereocenters. The van der Waals surface area contributed by atoms with Gasteiger partial charge in [0.1, 0.15) is 0 Å². The van der Waals surface area contributed by atoms with Crippen LogP contribution in [0.3, 0.4) is 0 Å². The van der Waals surface area contributed by atoms with Crippen LogP contribution in [-0.2, 0) is 11.8 Å². The molecule has 1 amide bonds. The van der Waals surface area contributed by atoms with Gasteiger partial charge in [0.05, 0.1) is 17.4 Å². The molecule has 162 valence electrons. The maximum atomic E-state index is 11.7. The van der Waals surface area contributed by atoms with Gasteiger partial charge in [0.25, 0.3) is 0 Å². The molecule has 0 unspecified atom stereocenters. The summed E-state index contributed by atoms with van der Waals surface area (Å²) in [7, 11) is 1.95. The second kappa shape index (κ2) is 8.81. The van der Waals surface area contributed by atoms with E-state index < -0.39 is 0 Å². The number of rotatable bonds is 6. The summed E-state index contributed by atoms with van der Waals surface area (Å²) >= 11 is 0. The number of hydrogen-bond acceptors (Lipinski definition) is 5. The molecule has 5 N–H and O–H groups in total. The molecule has 1 fully saturated rings. The Balaban J connectivity index is 1.49. The number of carbonyl (C=O) groups is 1. The van der Waals surface area contributed by atoms with Gasteiger partial charge in [-0.15, -0.1) is 0 Å². The molecule has 0 spiro atoms. The molecular formula is C24H30N6O. The third-order valence-corrected chi connectivity index (χ3v) is 6.18. The van der Waals surface area contributed by atoms with Crippen molar-refractivity contribution in [2.75, 3.05) is 0 Å². The predicted molar refractivity (Wildman–Crippen MR) is 124 cm³/mol. The lowest BCUT2D eigenvalue weighted by molar-refractivity contribution is -0.121. The average molecular weight is 419 g/mol. The van der Waals surface area contributed by atoms with Crippen LogP contribution in [-0.4, -0.2) is 32.8 Å². The third kappa shape index (κ3) is 4.27. The van der Waals surface area contributed by atoms with Gasteiger partial charge >= 0.3 is 0 Å². The number of carbonyl (C=O) groups excluding carboxylic acids is 1. The van der Waals surface area contributed by atoms with Crippen LogP contribution in [0.4, 0.5) is 0 Å². The highest BCUT2D eigenvalue weighted by Gasteiger charge is 2.30. The first kappa shape index (κ1) is 20.9. The standard InChI is InChI=1S/C24H30N6O/c1-3-24(31)28-20-10-11-21(13-20)30(26)23(14-25)17-6-4-16(5-7-17)18-8-9-19-15-27-29(2)22(19)12-18/h4-9,12,14-15,20-21H,3,10-11,13,25-26H2,1-2H3,(H,28,31)/b23-14-/t20-,21+/m0/s1. The Hall–Kier alpha value is -3.32. The van der Waals surface area contributed by atoms with Gasteiger partial charge < -0.3 is 16.1 Å². The van der Waals surface area contributed by atoms with Crippen LogP contribution in [0.2, 0.25) is 0 Å². The summed E-state index contributed by atoms with van der Waals surface area (Å²) in [5.74, 6) is 6.56. The molecule has 2 aromatic carbocycles. The maximum Gasteiger partial charge on any atom is 0.219 e. The van der Waals surface area contributed by atoms with E-state index in [0.29, 0.717) is 6.42 Å². The highest BCUT2D eigenvalue weighted by atomic mass is 16.1. The van der Waals surface area contributed by atoms with Crippen molar-refractivity contribution in [2.45, 2.75) is 44.7 Å². The fourth-order valence-electron chi connectivity index (χ4n) is 4.36. The van der Waals surface area contributed by atoms with E-state index in [0.717, 1.165) is 52.6 Å². The molecule has 1 aliphatic rings. The zero-order valence-electron chi connectivity index (χ0n) is 18.1. The Bertz CT molecular complexity index is 1100. The van der Waals surface area contributed by atoms with Gasteiger partial charge in [-0.05, 0) is 36.5 Å². The second-order valence-electron chi connectivity index (χ2n) is 8.16. The van der Waals surface area contributed by atoms with Crippen molar-refractivity contribution in [1.82, 2.24) is 20.1 Å². The van der Waals surface area contributed by atoms with Gasteiger partial charge in [0.2, 0.25) is 5.91 Å². The molecule has 7 heteroatoms. The largest absolute Gasteiger partial charge is 0.403 e. The van der Waals surface area contributed by atoms with E-state index >= 15 is 0 Å². The van der Waals surface area contributed by atoms with Crippen molar-refractivity contribution in [2.24, 2.45) is 18.6 Å². The number of hydrogen-bond donors (Lipinski definition) is 3. The number of amides is 1. The van der Waals surface area contributed by atoms with Crippen molar-refractivity contribution >= 4 is 22.5 Å². The molecule has 1 heterocycles. The van der Waals surface area contributed by atoms with Crippen LogP contribution in [0.15, 0.2) is 54.9 Å². The van der Waals surface area contributed by atoms with Crippen molar-refractivity contribution in [3.8, 4) is 11.1 Å². The molecular weight excluding hydrogens is 388 g/mol. The van der Waals surface area contributed by atoms with E-state index in [-0.39, 0.29) is 18.0 Å². The topological polar surface area (TPSA) is 102 Å². The fourth-order valence-corrected chi connectivity index (χ4v) is 4.36. The van der Waals surface area contributed by atoms with E-state index in [1.165, 1.54) is 0 Å². The first-order valence-corrected chi connectivity index (χ1v) is 10.8. The molecule has 31 heavy (non-hydrogen) atoms. The zero-order valence-corrected chi connectivity index (χ0v) is 18.1. The van der Waals surface area contributed by atoms with E-state index in [9.17, 15) is 4.79 Å². The van der Waals surface area contributed by atoms with E-state index in [2.05, 4.69) is 40.7 Å². The summed E-state index contributed by atoms with van der Waals surface area (Å²) in [6.07, 6.45) is 6.61. The van der Waals surface area contributed by atoms with Crippen LogP contribution >= 0.6 is 0 Å². The summed E-state index contributed by atoms with van der Waals surface area (Å²) < 4.78 is 1.88. The van der Waals surface area contributed by atoms with E-state index in [1.54, 1.807) is 11.2 Å². The third-order valence-electron chi connectivity index (χ3n) is 6.18. The van der Waals surface area contributed by atoms with Crippen LogP contribution in [0.1, 0.15) is 38.2 Å². The molecule has 1 aromatic heterocycles. The lowest BCUT2D eigenvalue weighted by atomic mass is 10.0. The highest BCUT2D eigenvalue weighted by molar-refractivity contribution is 5.84. The first-order chi connectivity index (χ1) is 15.0. The number of fused-ring (bicyclic) bond motifs is 1. The van der Waals surface area contributed by atoms with Crippen molar-refractivity contribution in [3.05, 3.63) is 60.4 Å². The number of aryl methyl sites for hydroxylation is 1. The van der Waals surface area contributed by atoms with Crippen LogP contribution in [0, 0.1) is 0 Å². The Kier molecular flexibility index (Phi) is 5.95. The Morgan fingerprint density at radius 3 is 2.68 bits per heavy atom. The molecule has 0 bridgehead atoms. The van der Waals surface area contributed by atoms with E-state index in [1.807, 2.05) is 37.0 Å². The van der Waals surface area contributed by atoms with Gasteiger partial charge in [-0.3, -0.25) is 9.48 Å². The fraction of sp³-hybridized carbons (Fsp3) is 0.333. The lowest BCUT2D eigenvalue weighted by Gasteiger charge is -2.28. The van der Waals surface area contributed by atoms with Crippen molar-refractivity contribution in [1.29, 1.82) is 0 Å². The number of aromatic nitrogens is 2. The van der Waals surface area contributed by atoms with Gasteiger partial charge in [0.15, 0.2) is 0 Å². The minimum Gasteiger partial charge on any atom is -0.403 e. The molecule has 1 aliphatic carbocycles. The molecule has 0 aliphatic heterocycles. The summed E-state index contributed by atoms with van der Waals surface area (Å²) in [4.78, 5) is 11.7. The zero-order chi connectivity index (χ0) is 22.0. The maximum absolute atomic E-state index is 11.7. The van der Waals surface area contributed by atoms with Gasteiger partial charge in [-0.1, -0.05) is 43.3 Å². The Morgan fingerprint density at radius 1 is 1.23 bits per heavy atom. The first-order valence-electron chi connectivity index (χ1n) is 10.8. The van der Waals surface area contributed by atoms with Gasteiger partial charge in [-0.2, -0.15) is 5.10 Å². The number of nitrogens with zero attached hydrogens (tertiary/aromatic N) is 3. The Labute approximate surface area is 182 Å². The summed E-state index contributed by atoms with van der Waals surface area (Å²) in [6.45, 7) is 1.87. The predicted octanol–water partition coefficient (Wildman–Crippen LogP) is 3.12. The quantitative estimate of drug-likeness (QED) is 0.422.